The molecule has 0 aliphatic rings. The van der Waals surface area contributed by atoms with E-state index < -0.39 is 0 Å². The van der Waals surface area contributed by atoms with Gasteiger partial charge in [0, 0.05) is 6.42 Å². The van der Waals surface area contributed by atoms with Crippen molar-refractivity contribution in [2.45, 2.75) is 51.9 Å². The zero-order valence-corrected chi connectivity index (χ0v) is 8.05. The molecule has 68 valence electrons. The molecule has 0 aliphatic heterocycles. The van der Waals surface area contributed by atoms with Gasteiger partial charge >= 0.3 is 0 Å². The molecule has 0 fully saturated rings. The predicted molar refractivity (Wildman–Crippen MR) is 52.7 cm³/mol. The molecule has 0 aromatic carbocycles. The second-order valence-electron chi connectivity index (χ2n) is 3.02. The van der Waals surface area contributed by atoms with Gasteiger partial charge in [-0.1, -0.05) is 38.3 Å². The van der Waals surface area contributed by atoms with Gasteiger partial charge < -0.3 is 0 Å². The van der Waals surface area contributed by atoms with Crippen LogP contribution in [0.2, 0.25) is 0 Å². The van der Waals surface area contributed by atoms with Gasteiger partial charge in [-0.15, -0.1) is 0 Å². The number of hydrogen-bond donors (Lipinski definition) is 0. The summed E-state index contributed by atoms with van der Waals surface area (Å²) in [7, 11) is 0. The Kier molecular flexibility index (Phi) is 9.57. The highest BCUT2D eigenvalue weighted by Crippen LogP contribution is 2.03. The van der Waals surface area contributed by atoms with Crippen molar-refractivity contribution in [1.82, 2.24) is 0 Å². The number of rotatable bonds is 7. The average Bonchev–Trinajstić information content (AvgIpc) is 2.10. The topological polar surface area (TPSA) is 23.8 Å². The minimum absolute atomic E-state index is 0.658. The Bertz CT molecular complexity index is 142. The molecule has 0 rings (SSSR count). The van der Waals surface area contributed by atoms with Crippen LogP contribution in [0.4, 0.5) is 0 Å². The highest BCUT2D eigenvalue weighted by molar-refractivity contribution is 4.85. The molecule has 0 saturated carbocycles. The third kappa shape index (κ3) is 9.23. The third-order valence-electron chi connectivity index (χ3n) is 1.81. The van der Waals surface area contributed by atoms with Crippen LogP contribution < -0.4 is 0 Å². The molecular weight excluding hydrogens is 146 g/mol. The van der Waals surface area contributed by atoms with E-state index in [1.54, 1.807) is 0 Å². The Hall–Kier alpha value is -0.770. The predicted octanol–water partition coefficient (Wildman–Crippen LogP) is 3.82. The van der Waals surface area contributed by atoms with Crippen LogP contribution in [-0.4, -0.2) is 0 Å². The highest BCUT2D eigenvalue weighted by atomic mass is 14.2. The fourth-order valence-corrected chi connectivity index (χ4v) is 1.07. The van der Waals surface area contributed by atoms with Gasteiger partial charge in [0.15, 0.2) is 0 Å². The molecule has 0 aromatic heterocycles. The molecule has 0 aromatic rings. The molecule has 0 spiro atoms. The average molecular weight is 165 g/mol. The Balaban J connectivity index is 2.98. The number of nitriles is 1. The lowest BCUT2D eigenvalue weighted by Crippen LogP contribution is -1.73. The molecule has 0 unspecified atom stereocenters. The van der Waals surface area contributed by atoms with Crippen molar-refractivity contribution in [3.05, 3.63) is 12.2 Å². The number of unbranched alkanes of at least 4 members (excludes halogenated alkanes) is 5. The van der Waals surface area contributed by atoms with Gasteiger partial charge in [0.05, 0.1) is 6.07 Å². The van der Waals surface area contributed by atoms with Crippen LogP contribution in [0.3, 0.4) is 0 Å². The summed E-state index contributed by atoms with van der Waals surface area (Å²) < 4.78 is 0. The number of nitrogens with zero attached hydrogens (tertiary/aromatic N) is 1. The van der Waals surface area contributed by atoms with Crippen molar-refractivity contribution in [3.63, 3.8) is 0 Å². The van der Waals surface area contributed by atoms with Crippen LogP contribution >= 0.6 is 0 Å². The summed E-state index contributed by atoms with van der Waals surface area (Å²) in [5, 5.41) is 8.26. The van der Waals surface area contributed by atoms with Crippen molar-refractivity contribution in [1.29, 1.82) is 5.26 Å². The maximum atomic E-state index is 8.26. The van der Waals surface area contributed by atoms with E-state index in [2.05, 4.69) is 25.1 Å². The van der Waals surface area contributed by atoms with Crippen molar-refractivity contribution < 1.29 is 0 Å². The first-order valence-electron chi connectivity index (χ1n) is 4.93. The van der Waals surface area contributed by atoms with Crippen LogP contribution in [0.5, 0.6) is 0 Å². The minimum atomic E-state index is 0.658. The van der Waals surface area contributed by atoms with E-state index in [9.17, 15) is 0 Å². The summed E-state index contributed by atoms with van der Waals surface area (Å²) in [6.45, 7) is 2.22. The second-order valence-corrected chi connectivity index (χ2v) is 3.02. The number of allylic oxidation sites excluding steroid dienone is 2. The summed E-state index contributed by atoms with van der Waals surface area (Å²) in [4.78, 5) is 0. The van der Waals surface area contributed by atoms with E-state index in [0.29, 0.717) is 6.42 Å². The quantitative estimate of drug-likeness (QED) is 0.415. The molecule has 1 heteroatoms. The lowest BCUT2D eigenvalue weighted by Gasteiger charge is -1.93. The van der Waals surface area contributed by atoms with Gasteiger partial charge in [0.1, 0.15) is 0 Å². The highest BCUT2D eigenvalue weighted by Gasteiger charge is 1.83. The maximum absolute atomic E-state index is 8.26. The fraction of sp³-hybridized carbons (Fsp3) is 0.727. The molecule has 12 heavy (non-hydrogen) atoms. The van der Waals surface area contributed by atoms with E-state index in [-0.39, 0.29) is 0 Å². The summed E-state index contributed by atoms with van der Waals surface area (Å²) in [5.41, 5.74) is 0. The lowest BCUT2D eigenvalue weighted by molar-refractivity contribution is 0.674. The SMILES string of the molecule is CCCCCCC=CCCC#N. The molecule has 0 bridgehead atoms. The summed E-state index contributed by atoms with van der Waals surface area (Å²) in [6.07, 6.45) is 12.4. The van der Waals surface area contributed by atoms with Crippen molar-refractivity contribution in [2.75, 3.05) is 0 Å². The fourth-order valence-electron chi connectivity index (χ4n) is 1.07. The molecule has 0 saturated heterocycles. The van der Waals surface area contributed by atoms with Gasteiger partial charge in [0.2, 0.25) is 0 Å². The largest absolute Gasteiger partial charge is 0.198 e. The second kappa shape index (κ2) is 10.2. The van der Waals surface area contributed by atoms with Crippen molar-refractivity contribution in [2.24, 2.45) is 0 Å². The Morgan fingerprint density at radius 1 is 1.08 bits per heavy atom. The molecular formula is C11H19N. The van der Waals surface area contributed by atoms with Crippen molar-refractivity contribution in [3.8, 4) is 6.07 Å². The molecule has 0 N–H and O–H groups in total. The first kappa shape index (κ1) is 11.2. The molecule has 0 atom stereocenters. The van der Waals surface area contributed by atoms with Crippen LogP contribution in [0.15, 0.2) is 12.2 Å². The smallest absolute Gasteiger partial charge is 0.0624 e. The van der Waals surface area contributed by atoms with E-state index in [1.165, 1.54) is 32.1 Å². The van der Waals surface area contributed by atoms with Gasteiger partial charge in [-0.05, 0) is 19.3 Å². The van der Waals surface area contributed by atoms with Crippen molar-refractivity contribution >= 4 is 0 Å². The van der Waals surface area contributed by atoms with Crippen LogP contribution in [0.1, 0.15) is 51.9 Å². The molecule has 0 aliphatic carbocycles. The zero-order valence-electron chi connectivity index (χ0n) is 8.05. The minimum Gasteiger partial charge on any atom is -0.198 e. The van der Waals surface area contributed by atoms with Crippen LogP contribution in [-0.2, 0) is 0 Å². The number of hydrogen-bond acceptors (Lipinski definition) is 1. The Labute approximate surface area is 76.1 Å². The van der Waals surface area contributed by atoms with E-state index >= 15 is 0 Å². The van der Waals surface area contributed by atoms with Gasteiger partial charge in [-0.2, -0.15) is 5.26 Å². The van der Waals surface area contributed by atoms with Gasteiger partial charge in [0.25, 0.3) is 0 Å². The normalized spacial score (nSPS) is 10.3. The lowest BCUT2D eigenvalue weighted by atomic mass is 10.1. The molecule has 0 radical (unpaired) electrons. The molecule has 0 amide bonds. The molecule has 0 heterocycles. The summed E-state index contributed by atoms with van der Waals surface area (Å²) in [5.74, 6) is 0. The first-order chi connectivity index (χ1) is 5.91. The van der Waals surface area contributed by atoms with Crippen LogP contribution in [0.25, 0.3) is 0 Å². The monoisotopic (exact) mass is 165 g/mol. The molecule has 1 nitrogen and oxygen atoms in total. The third-order valence-corrected chi connectivity index (χ3v) is 1.81. The first-order valence-corrected chi connectivity index (χ1v) is 4.93. The Morgan fingerprint density at radius 3 is 2.50 bits per heavy atom. The maximum Gasteiger partial charge on any atom is 0.0624 e. The summed E-state index contributed by atoms with van der Waals surface area (Å²) in [6, 6.07) is 2.13. The van der Waals surface area contributed by atoms with Gasteiger partial charge in [-0.25, -0.2) is 0 Å². The van der Waals surface area contributed by atoms with E-state index in [1.807, 2.05) is 0 Å². The van der Waals surface area contributed by atoms with E-state index in [0.717, 1.165) is 6.42 Å². The summed E-state index contributed by atoms with van der Waals surface area (Å²) >= 11 is 0. The van der Waals surface area contributed by atoms with Crippen LogP contribution in [0, 0.1) is 11.3 Å². The standard InChI is InChI=1S/C11H19N/c1-2-3-4-5-6-7-8-9-10-11-12/h7-8H,2-6,9-10H2,1H3. The van der Waals surface area contributed by atoms with E-state index in [4.69, 9.17) is 5.26 Å². The van der Waals surface area contributed by atoms with Gasteiger partial charge in [-0.3, -0.25) is 0 Å². The zero-order chi connectivity index (χ0) is 9.07. The Morgan fingerprint density at radius 2 is 1.83 bits per heavy atom.